The zero-order valence-electron chi connectivity index (χ0n) is 14.6. The van der Waals surface area contributed by atoms with Crippen molar-refractivity contribution in [1.82, 2.24) is 4.98 Å². The Balaban J connectivity index is 1.91. The van der Waals surface area contributed by atoms with Gasteiger partial charge in [0, 0.05) is 5.56 Å². The maximum absolute atomic E-state index is 13.6. The van der Waals surface area contributed by atoms with Crippen LogP contribution >= 0.6 is 0 Å². The minimum atomic E-state index is -1.63. The molecular weight excluding hydrogens is 385 g/mol. The number of halogens is 3. The lowest BCUT2D eigenvalue weighted by atomic mass is 9.96. The monoisotopic (exact) mass is 396 g/mol. The zero-order chi connectivity index (χ0) is 21.1. The van der Waals surface area contributed by atoms with E-state index in [0.29, 0.717) is 11.1 Å². The Bertz CT molecular complexity index is 1240. The highest BCUT2D eigenvalue weighted by Gasteiger charge is 2.18. The van der Waals surface area contributed by atoms with Crippen LogP contribution in [0.2, 0.25) is 0 Å². The number of nitrogens with zero attached hydrogens (tertiary/aromatic N) is 2. The number of anilines is 1. The van der Waals surface area contributed by atoms with Gasteiger partial charge in [-0.05, 0) is 23.3 Å². The highest BCUT2D eigenvalue weighted by molar-refractivity contribution is 5.80. The van der Waals surface area contributed by atoms with Gasteiger partial charge in [0.2, 0.25) is 5.82 Å². The first-order valence-electron chi connectivity index (χ1n) is 8.09. The van der Waals surface area contributed by atoms with Crippen molar-refractivity contribution in [1.29, 1.82) is 10.5 Å². The average molecular weight is 396 g/mol. The summed E-state index contributed by atoms with van der Waals surface area (Å²) in [6.45, 7) is -0.157. The first kappa shape index (κ1) is 19.5. The van der Waals surface area contributed by atoms with Gasteiger partial charge in [-0.25, -0.2) is 8.78 Å². The topological polar surface area (TPSA) is 116 Å². The van der Waals surface area contributed by atoms with Crippen LogP contribution in [0.25, 0.3) is 11.1 Å². The summed E-state index contributed by atoms with van der Waals surface area (Å²) in [4.78, 5) is 14.2. The van der Waals surface area contributed by atoms with E-state index in [2.05, 4.69) is 4.98 Å². The lowest BCUT2D eigenvalue weighted by Gasteiger charge is -2.11. The number of pyridine rings is 1. The lowest BCUT2D eigenvalue weighted by molar-refractivity contribution is 0.281. The van der Waals surface area contributed by atoms with Crippen molar-refractivity contribution >= 4 is 5.82 Å². The van der Waals surface area contributed by atoms with Crippen LogP contribution in [0, 0.1) is 40.1 Å². The molecule has 0 bridgehead atoms. The van der Waals surface area contributed by atoms with Crippen molar-refractivity contribution in [2.45, 2.75) is 6.61 Å². The second-order valence-electron chi connectivity index (χ2n) is 5.88. The Morgan fingerprint density at radius 2 is 1.62 bits per heavy atom. The molecule has 3 rings (SSSR count). The number of nitrogens with two attached hydrogens (primary N) is 1. The second-order valence-corrected chi connectivity index (χ2v) is 5.88. The first-order valence-corrected chi connectivity index (χ1v) is 8.09. The number of aromatic amines is 1. The Morgan fingerprint density at radius 1 is 0.966 bits per heavy atom. The number of ether oxygens (including phenoxy) is 1. The van der Waals surface area contributed by atoms with Crippen LogP contribution in [0.3, 0.4) is 0 Å². The van der Waals surface area contributed by atoms with Gasteiger partial charge in [-0.3, -0.25) is 4.79 Å². The summed E-state index contributed by atoms with van der Waals surface area (Å²) in [6.07, 6.45) is 0. The molecule has 144 valence electrons. The standard InChI is InChI=1S/C20H11F3N4O2/c21-14-5-6-15(18(23)17(14)22)29-9-10-1-3-11(4-2-10)16-12(7-24)19(26)27-20(28)13(16)8-25/h1-6H,9H2,(H3,26,27,28). The third-order valence-electron chi connectivity index (χ3n) is 4.10. The van der Waals surface area contributed by atoms with E-state index in [1.165, 1.54) is 12.1 Å². The maximum Gasteiger partial charge on any atom is 0.268 e. The van der Waals surface area contributed by atoms with Crippen molar-refractivity contribution in [2.24, 2.45) is 0 Å². The first-order chi connectivity index (χ1) is 13.9. The molecule has 0 amide bonds. The molecule has 1 aromatic heterocycles. The number of benzene rings is 2. The summed E-state index contributed by atoms with van der Waals surface area (Å²) in [5.41, 5.74) is 5.66. The van der Waals surface area contributed by atoms with Crippen LogP contribution < -0.4 is 16.0 Å². The minimum Gasteiger partial charge on any atom is -0.486 e. The molecule has 0 unspecified atom stereocenters. The van der Waals surface area contributed by atoms with Gasteiger partial charge < -0.3 is 15.5 Å². The molecule has 0 fully saturated rings. The van der Waals surface area contributed by atoms with Crippen molar-refractivity contribution in [2.75, 3.05) is 5.73 Å². The molecule has 1 heterocycles. The van der Waals surface area contributed by atoms with Gasteiger partial charge >= 0.3 is 0 Å². The number of nitriles is 2. The second kappa shape index (κ2) is 7.79. The van der Waals surface area contributed by atoms with E-state index >= 15 is 0 Å². The fourth-order valence-corrected chi connectivity index (χ4v) is 2.68. The fourth-order valence-electron chi connectivity index (χ4n) is 2.68. The predicted molar refractivity (Wildman–Crippen MR) is 97.0 cm³/mol. The molecule has 6 nitrogen and oxygen atoms in total. The van der Waals surface area contributed by atoms with Crippen LogP contribution in [0.4, 0.5) is 19.0 Å². The van der Waals surface area contributed by atoms with Crippen molar-refractivity contribution in [3.05, 3.63) is 80.9 Å². The molecule has 0 aliphatic rings. The number of hydrogen-bond donors (Lipinski definition) is 2. The predicted octanol–water partition coefficient (Wildman–Crippen LogP) is 3.36. The third kappa shape index (κ3) is 3.62. The number of H-pyrrole nitrogens is 1. The molecule has 0 saturated heterocycles. The molecular formula is C20H11F3N4O2. The fraction of sp³-hybridized carbons (Fsp3) is 0.0500. The van der Waals surface area contributed by atoms with Gasteiger partial charge in [0.1, 0.15) is 35.7 Å². The number of nitrogens with one attached hydrogen (secondary N) is 1. The Kier molecular flexibility index (Phi) is 5.24. The molecule has 0 radical (unpaired) electrons. The summed E-state index contributed by atoms with van der Waals surface area (Å²) in [5, 5.41) is 18.6. The van der Waals surface area contributed by atoms with Crippen molar-refractivity contribution < 1.29 is 17.9 Å². The van der Waals surface area contributed by atoms with E-state index in [0.717, 1.165) is 12.1 Å². The van der Waals surface area contributed by atoms with Crippen molar-refractivity contribution in [3.63, 3.8) is 0 Å². The number of hydrogen-bond acceptors (Lipinski definition) is 5. The lowest BCUT2D eigenvalue weighted by Crippen LogP contribution is -2.16. The molecule has 9 heteroatoms. The molecule has 3 N–H and O–H groups in total. The summed E-state index contributed by atoms with van der Waals surface area (Å²) in [6, 6.07) is 11.5. The van der Waals surface area contributed by atoms with Gasteiger partial charge in [-0.2, -0.15) is 14.9 Å². The maximum atomic E-state index is 13.6. The van der Waals surface area contributed by atoms with Gasteiger partial charge in [0.25, 0.3) is 5.56 Å². The van der Waals surface area contributed by atoms with Crippen LogP contribution in [-0.2, 0) is 6.61 Å². The summed E-state index contributed by atoms with van der Waals surface area (Å²) in [5.74, 6) is -4.99. The molecule has 0 atom stereocenters. The average Bonchev–Trinajstić information content (AvgIpc) is 2.71. The van der Waals surface area contributed by atoms with Gasteiger partial charge in [0.15, 0.2) is 17.4 Å². The number of aromatic nitrogens is 1. The van der Waals surface area contributed by atoms with Gasteiger partial charge in [-0.1, -0.05) is 24.3 Å². The number of rotatable bonds is 4. The van der Waals surface area contributed by atoms with Crippen LogP contribution in [-0.4, -0.2) is 4.98 Å². The summed E-state index contributed by atoms with van der Waals surface area (Å²) >= 11 is 0. The molecule has 0 aliphatic carbocycles. The third-order valence-corrected chi connectivity index (χ3v) is 4.10. The van der Waals surface area contributed by atoms with E-state index in [1.54, 1.807) is 18.2 Å². The molecule has 0 aliphatic heterocycles. The SMILES string of the molecule is N#Cc1c(N)[nH]c(=O)c(C#N)c1-c1ccc(COc2ccc(F)c(F)c2F)cc1. The molecule has 29 heavy (non-hydrogen) atoms. The molecule has 0 saturated carbocycles. The van der Waals surface area contributed by atoms with Gasteiger partial charge in [0.05, 0.1) is 0 Å². The highest BCUT2D eigenvalue weighted by atomic mass is 19.2. The molecule has 3 aromatic rings. The van der Waals surface area contributed by atoms with E-state index in [1.807, 2.05) is 6.07 Å². The van der Waals surface area contributed by atoms with Crippen LogP contribution in [0.1, 0.15) is 16.7 Å². The minimum absolute atomic E-state index is 0.0472. The van der Waals surface area contributed by atoms with Gasteiger partial charge in [-0.15, -0.1) is 0 Å². The van der Waals surface area contributed by atoms with Crippen molar-refractivity contribution in [3.8, 4) is 29.0 Å². The van der Waals surface area contributed by atoms with E-state index < -0.39 is 28.8 Å². The normalized spacial score (nSPS) is 10.2. The highest BCUT2D eigenvalue weighted by Crippen LogP contribution is 2.28. The molecule has 0 spiro atoms. The largest absolute Gasteiger partial charge is 0.486 e. The van der Waals surface area contributed by atoms with Crippen LogP contribution in [0.15, 0.2) is 41.2 Å². The molecule has 2 aromatic carbocycles. The Hall–Kier alpha value is -4.24. The van der Waals surface area contributed by atoms with E-state index in [4.69, 9.17) is 10.5 Å². The van der Waals surface area contributed by atoms with E-state index in [9.17, 15) is 28.5 Å². The Labute approximate surface area is 162 Å². The quantitative estimate of drug-likeness (QED) is 0.656. The smallest absolute Gasteiger partial charge is 0.268 e. The zero-order valence-corrected chi connectivity index (χ0v) is 14.6. The van der Waals surface area contributed by atoms with E-state index in [-0.39, 0.29) is 29.1 Å². The summed E-state index contributed by atoms with van der Waals surface area (Å²) < 4.78 is 45.0. The number of nitrogen functional groups attached to an aromatic ring is 1. The summed E-state index contributed by atoms with van der Waals surface area (Å²) in [7, 11) is 0. The van der Waals surface area contributed by atoms with Crippen LogP contribution in [0.5, 0.6) is 5.75 Å². The Morgan fingerprint density at radius 3 is 2.24 bits per heavy atom.